The van der Waals surface area contributed by atoms with Gasteiger partial charge in [-0.05, 0) is 25.7 Å². The lowest BCUT2D eigenvalue weighted by Gasteiger charge is -2.33. The van der Waals surface area contributed by atoms with Crippen molar-refractivity contribution in [3.05, 3.63) is 0 Å². The van der Waals surface area contributed by atoms with Crippen LogP contribution in [0.2, 0.25) is 0 Å². The molecule has 2 rings (SSSR count). The van der Waals surface area contributed by atoms with Crippen molar-refractivity contribution in [2.45, 2.75) is 44.4 Å². The number of carbonyl (C=O) groups excluding carboxylic acids is 1. The second-order valence-electron chi connectivity index (χ2n) is 5.04. The molecule has 6 heteroatoms. The van der Waals surface area contributed by atoms with Gasteiger partial charge in [0.25, 0.3) is 0 Å². The van der Waals surface area contributed by atoms with E-state index in [1.54, 1.807) is 4.90 Å². The molecule has 0 aromatic heterocycles. The smallest absolute Gasteiger partial charge is 0.378 e. The summed E-state index contributed by atoms with van der Waals surface area (Å²) in [6, 6.07) is 0. The Morgan fingerprint density at radius 1 is 1.22 bits per heavy atom. The highest BCUT2D eigenvalue weighted by Crippen LogP contribution is 2.34. The predicted molar refractivity (Wildman–Crippen MR) is 59.0 cm³/mol. The molecule has 18 heavy (non-hydrogen) atoms. The maximum atomic E-state index is 12.5. The molecule has 2 saturated heterocycles. The summed E-state index contributed by atoms with van der Waals surface area (Å²) in [4.78, 5) is 13.4. The van der Waals surface area contributed by atoms with Crippen molar-refractivity contribution in [3.8, 4) is 0 Å². The number of rotatable bonds is 2. The molecule has 3 nitrogen and oxygen atoms in total. The monoisotopic (exact) mass is 265 g/mol. The standard InChI is InChI=1S/C12H18F3NO2/c13-12(14,15)9-3-5-16(6-4-9)11(17)8-10-2-1-7-18-10/h9-10H,1-8H2/t10-/m1/s1. The van der Waals surface area contributed by atoms with Crippen LogP contribution >= 0.6 is 0 Å². The van der Waals surface area contributed by atoms with E-state index in [0.29, 0.717) is 13.0 Å². The Morgan fingerprint density at radius 2 is 1.89 bits per heavy atom. The second kappa shape index (κ2) is 5.47. The van der Waals surface area contributed by atoms with Crippen molar-refractivity contribution in [2.75, 3.05) is 19.7 Å². The minimum absolute atomic E-state index is 0.0285. The zero-order chi connectivity index (χ0) is 13.2. The molecule has 2 heterocycles. The van der Waals surface area contributed by atoms with Gasteiger partial charge in [-0.15, -0.1) is 0 Å². The van der Waals surface area contributed by atoms with Gasteiger partial charge in [0.2, 0.25) is 5.91 Å². The fourth-order valence-corrected chi connectivity index (χ4v) is 2.59. The number of hydrogen-bond donors (Lipinski definition) is 0. The fourth-order valence-electron chi connectivity index (χ4n) is 2.59. The number of likely N-dealkylation sites (tertiary alicyclic amines) is 1. The summed E-state index contributed by atoms with van der Waals surface area (Å²) >= 11 is 0. The summed E-state index contributed by atoms with van der Waals surface area (Å²) in [6.07, 6.45) is -1.93. The molecule has 2 aliphatic rings. The van der Waals surface area contributed by atoms with E-state index in [1.807, 2.05) is 0 Å². The lowest BCUT2D eigenvalue weighted by molar-refractivity contribution is -0.186. The van der Waals surface area contributed by atoms with Crippen LogP contribution in [0.3, 0.4) is 0 Å². The van der Waals surface area contributed by atoms with Gasteiger partial charge in [0, 0.05) is 19.7 Å². The van der Waals surface area contributed by atoms with Crippen LogP contribution in [0, 0.1) is 5.92 Å². The van der Waals surface area contributed by atoms with Crippen molar-refractivity contribution in [1.29, 1.82) is 0 Å². The van der Waals surface area contributed by atoms with Gasteiger partial charge in [-0.2, -0.15) is 13.2 Å². The zero-order valence-electron chi connectivity index (χ0n) is 10.2. The molecule has 0 aliphatic carbocycles. The molecule has 2 fully saturated rings. The maximum Gasteiger partial charge on any atom is 0.391 e. The largest absolute Gasteiger partial charge is 0.391 e. The van der Waals surface area contributed by atoms with Crippen LogP contribution in [0.5, 0.6) is 0 Å². The minimum atomic E-state index is -4.12. The van der Waals surface area contributed by atoms with E-state index in [9.17, 15) is 18.0 Å². The molecule has 0 aromatic carbocycles. The molecule has 0 radical (unpaired) electrons. The van der Waals surface area contributed by atoms with Gasteiger partial charge in [-0.3, -0.25) is 4.79 Å². The first kappa shape index (κ1) is 13.6. The lowest BCUT2D eigenvalue weighted by Crippen LogP contribution is -2.42. The number of nitrogens with zero attached hydrogens (tertiary/aromatic N) is 1. The zero-order valence-corrected chi connectivity index (χ0v) is 10.2. The predicted octanol–water partition coefficient (Wildman–Crippen LogP) is 2.36. The minimum Gasteiger partial charge on any atom is -0.378 e. The third-order valence-electron chi connectivity index (χ3n) is 3.74. The number of hydrogen-bond acceptors (Lipinski definition) is 2. The van der Waals surface area contributed by atoms with Crippen molar-refractivity contribution >= 4 is 5.91 Å². The molecule has 0 spiro atoms. The van der Waals surface area contributed by atoms with Gasteiger partial charge in [0.1, 0.15) is 0 Å². The van der Waals surface area contributed by atoms with E-state index in [4.69, 9.17) is 4.74 Å². The molecule has 104 valence electrons. The summed E-state index contributed by atoms with van der Waals surface area (Å²) in [7, 11) is 0. The van der Waals surface area contributed by atoms with Crippen LogP contribution in [-0.2, 0) is 9.53 Å². The summed E-state index contributed by atoms with van der Waals surface area (Å²) in [5.74, 6) is -1.31. The van der Waals surface area contributed by atoms with Crippen molar-refractivity contribution < 1.29 is 22.7 Å². The molecular weight excluding hydrogens is 247 g/mol. The summed E-state index contributed by atoms with van der Waals surface area (Å²) in [5, 5.41) is 0. The van der Waals surface area contributed by atoms with Crippen molar-refractivity contribution in [2.24, 2.45) is 5.92 Å². The first-order chi connectivity index (χ1) is 8.47. The SMILES string of the molecule is O=C(C[C@H]1CCCO1)N1CCC(C(F)(F)F)CC1. The molecule has 0 N–H and O–H groups in total. The van der Waals surface area contributed by atoms with Gasteiger partial charge < -0.3 is 9.64 Å². The average molecular weight is 265 g/mol. The molecular formula is C12H18F3NO2. The Labute approximate surface area is 104 Å². The third kappa shape index (κ3) is 3.37. The van der Waals surface area contributed by atoms with E-state index >= 15 is 0 Å². The van der Waals surface area contributed by atoms with Crippen molar-refractivity contribution in [3.63, 3.8) is 0 Å². The molecule has 2 aliphatic heterocycles. The van der Waals surface area contributed by atoms with E-state index < -0.39 is 12.1 Å². The van der Waals surface area contributed by atoms with Gasteiger partial charge in [-0.1, -0.05) is 0 Å². The van der Waals surface area contributed by atoms with Gasteiger partial charge in [-0.25, -0.2) is 0 Å². The van der Waals surface area contributed by atoms with E-state index in [2.05, 4.69) is 0 Å². The van der Waals surface area contributed by atoms with Crippen LogP contribution in [-0.4, -0.2) is 42.8 Å². The first-order valence-corrected chi connectivity index (χ1v) is 6.43. The maximum absolute atomic E-state index is 12.5. The normalized spacial score (nSPS) is 26.6. The second-order valence-corrected chi connectivity index (χ2v) is 5.04. The molecule has 1 atom stereocenters. The molecule has 0 unspecified atom stereocenters. The number of alkyl halides is 3. The van der Waals surface area contributed by atoms with E-state index in [-0.39, 0.29) is 37.9 Å². The Balaban J connectivity index is 1.76. The third-order valence-corrected chi connectivity index (χ3v) is 3.74. The van der Waals surface area contributed by atoms with Gasteiger partial charge in [0.05, 0.1) is 18.4 Å². The highest BCUT2D eigenvalue weighted by Gasteiger charge is 2.41. The lowest BCUT2D eigenvalue weighted by atomic mass is 9.96. The highest BCUT2D eigenvalue weighted by atomic mass is 19.4. The van der Waals surface area contributed by atoms with Crippen LogP contribution in [0.1, 0.15) is 32.1 Å². The van der Waals surface area contributed by atoms with Crippen molar-refractivity contribution in [1.82, 2.24) is 4.90 Å². The molecule has 0 aromatic rings. The number of ether oxygens (including phenoxy) is 1. The van der Waals surface area contributed by atoms with Crippen LogP contribution in [0.15, 0.2) is 0 Å². The van der Waals surface area contributed by atoms with Crippen LogP contribution in [0.4, 0.5) is 13.2 Å². The van der Waals surface area contributed by atoms with Gasteiger partial charge in [0.15, 0.2) is 0 Å². The molecule has 1 amide bonds. The fraction of sp³-hybridized carbons (Fsp3) is 0.917. The van der Waals surface area contributed by atoms with Gasteiger partial charge >= 0.3 is 6.18 Å². The summed E-state index contributed by atoms with van der Waals surface area (Å²) < 4.78 is 42.8. The van der Waals surface area contributed by atoms with E-state index in [1.165, 1.54) is 0 Å². The van der Waals surface area contributed by atoms with E-state index in [0.717, 1.165) is 12.8 Å². The first-order valence-electron chi connectivity index (χ1n) is 6.43. The quantitative estimate of drug-likeness (QED) is 0.767. The molecule has 0 saturated carbocycles. The van der Waals surface area contributed by atoms with Crippen LogP contribution < -0.4 is 0 Å². The Morgan fingerprint density at radius 3 is 2.39 bits per heavy atom. The molecule has 0 bridgehead atoms. The highest BCUT2D eigenvalue weighted by molar-refractivity contribution is 5.76. The number of amides is 1. The summed E-state index contributed by atoms with van der Waals surface area (Å²) in [5.41, 5.74) is 0. The van der Waals surface area contributed by atoms with Crippen LogP contribution in [0.25, 0.3) is 0 Å². The number of carbonyl (C=O) groups is 1. The Hall–Kier alpha value is -0.780. The number of piperidine rings is 1. The topological polar surface area (TPSA) is 29.5 Å². The Kier molecular flexibility index (Phi) is 4.14. The number of halogens is 3. The average Bonchev–Trinajstić information content (AvgIpc) is 2.81. The Bertz CT molecular complexity index is 292. The summed E-state index contributed by atoms with van der Waals surface area (Å²) in [6.45, 7) is 1.12.